The normalized spacial score (nSPS) is 11.7. The minimum absolute atomic E-state index is 0.123. The van der Waals surface area contributed by atoms with Crippen molar-refractivity contribution in [3.63, 3.8) is 0 Å². The number of H-pyrrole nitrogens is 1. The number of aromatic nitrogens is 2. The summed E-state index contributed by atoms with van der Waals surface area (Å²) in [7, 11) is 0. The lowest BCUT2D eigenvalue weighted by atomic mass is 9.93. The molecule has 1 aromatic heterocycles. The minimum atomic E-state index is 0.123. The van der Waals surface area contributed by atoms with Gasteiger partial charge in [0.15, 0.2) is 0 Å². The number of aromatic amines is 1. The molecule has 0 unspecified atom stereocenters. The van der Waals surface area contributed by atoms with Gasteiger partial charge in [-0.3, -0.25) is 4.68 Å². The largest absolute Gasteiger partial charge is 0.301 e. The maximum absolute atomic E-state index is 5.40. The first-order valence-corrected chi connectivity index (χ1v) is 7.22. The fraction of sp³-hybridized carbons (Fsp3) is 0.438. The van der Waals surface area contributed by atoms with Gasteiger partial charge >= 0.3 is 0 Å². The van der Waals surface area contributed by atoms with Crippen LogP contribution in [0.15, 0.2) is 36.4 Å². The molecule has 1 aromatic carbocycles. The van der Waals surface area contributed by atoms with E-state index in [0.29, 0.717) is 0 Å². The molecule has 0 atom stereocenters. The summed E-state index contributed by atoms with van der Waals surface area (Å²) in [6, 6.07) is 12.7. The van der Waals surface area contributed by atoms with Crippen molar-refractivity contribution in [2.45, 2.75) is 45.6 Å². The molecule has 1 N–H and O–H groups in total. The van der Waals surface area contributed by atoms with Crippen LogP contribution in [-0.2, 0) is 18.4 Å². The Labute approximate surface area is 120 Å². The first-order valence-electron chi connectivity index (χ1n) is 6.81. The molecule has 0 spiro atoms. The molecule has 0 saturated carbocycles. The Balaban J connectivity index is 1.97. The van der Waals surface area contributed by atoms with Crippen molar-refractivity contribution in [2.75, 3.05) is 0 Å². The Morgan fingerprint density at radius 1 is 1.16 bits per heavy atom. The lowest BCUT2D eigenvalue weighted by molar-refractivity contribution is 0.519. The lowest BCUT2D eigenvalue weighted by Gasteiger charge is -2.15. The number of nitrogens with zero attached hydrogens (tertiary/aromatic N) is 1. The molecule has 0 fully saturated rings. The van der Waals surface area contributed by atoms with Crippen molar-refractivity contribution >= 4 is 12.2 Å². The molecular formula is C16H22N2S. The van der Waals surface area contributed by atoms with Gasteiger partial charge in [-0.1, -0.05) is 63.3 Å². The highest BCUT2D eigenvalue weighted by Gasteiger charge is 2.16. The summed E-state index contributed by atoms with van der Waals surface area (Å²) in [5, 5.41) is 3.42. The lowest BCUT2D eigenvalue weighted by Crippen LogP contribution is -2.13. The van der Waals surface area contributed by atoms with E-state index in [0.717, 1.165) is 24.0 Å². The molecule has 2 aromatic rings. The zero-order valence-electron chi connectivity index (χ0n) is 11.9. The van der Waals surface area contributed by atoms with E-state index < -0.39 is 0 Å². The number of rotatable bonds is 4. The standard InChI is InChI=1S/C16H22N2S/c1-16(2,3)14-12-15(19)18(17-14)11-7-10-13-8-5-4-6-9-13/h4-6,8-9,12,17H,7,10-11H2,1-3H3. The van der Waals surface area contributed by atoms with Crippen molar-refractivity contribution in [3.8, 4) is 0 Å². The predicted molar refractivity (Wildman–Crippen MR) is 83.1 cm³/mol. The first kappa shape index (κ1) is 14.1. The quantitative estimate of drug-likeness (QED) is 0.815. The molecular weight excluding hydrogens is 252 g/mol. The van der Waals surface area contributed by atoms with Crippen molar-refractivity contribution < 1.29 is 0 Å². The number of aryl methyl sites for hydroxylation is 2. The molecule has 3 heteroatoms. The first-order chi connectivity index (χ1) is 8.97. The highest BCUT2D eigenvalue weighted by atomic mass is 32.1. The van der Waals surface area contributed by atoms with Gasteiger partial charge in [0.2, 0.25) is 0 Å². The molecule has 0 aliphatic heterocycles. The third kappa shape index (κ3) is 3.80. The summed E-state index contributed by atoms with van der Waals surface area (Å²) >= 11 is 5.40. The van der Waals surface area contributed by atoms with Crippen LogP contribution in [0.2, 0.25) is 0 Å². The zero-order chi connectivity index (χ0) is 13.9. The minimum Gasteiger partial charge on any atom is -0.301 e. The second-order valence-corrected chi connectivity index (χ2v) is 6.42. The van der Waals surface area contributed by atoms with Crippen LogP contribution in [0.25, 0.3) is 0 Å². The third-order valence-electron chi connectivity index (χ3n) is 3.29. The summed E-state index contributed by atoms with van der Waals surface area (Å²) in [5.41, 5.74) is 2.71. The number of nitrogens with one attached hydrogen (secondary N) is 1. The second kappa shape index (κ2) is 5.74. The summed E-state index contributed by atoms with van der Waals surface area (Å²) in [6.07, 6.45) is 2.19. The molecule has 0 aliphatic carbocycles. The van der Waals surface area contributed by atoms with Gasteiger partial charge in [0.1, 0.15) is 4.64 Å². The predicted octanol–water partition coefficient (Wildman–Crippen LogP) is 4.48. The second-order valence-electron chi connectivity index (χ2n) is 6.00. The van der Waals surface area contributed by atoms with Gasteiger partial charge in [-0.25, -0.2) is 0 Å². The molecule has 0 amide bonds. The Morgan fingerprint density at radius 2 is 1.84 bits per heavy atom. The van der Waals surface area contributed by atoms with Gasteiger partial charge in [0.25, 0.3) is 0 Å². The molecule has 0 radical (unpaired) electrons. The highest BCUT2D eigenvalue weighted by molar-refractivity contribution is 7.71. The molecule has 0 bridgehead atoms. The van der Waals surface area contributed by atoms with Crippen molar-refractivity contribution in [2.24, 2.45) is 0 Å². The van der Waals surface area contributed by atoms with Crippen molar-refractivity contribution in [1.29, 1.82) is 0 Å². The average Bonchev–Trinajstić information content (AvgIpc) is 2.72. The average molecular weight is 274 g/mol. The van der Waals surface area contributed by atoms with Crippen LogP contribution in [0, 0.1) is 4.64 Å². The zero-order valence-corrected chi connectivity index (χ0v) is 12.8. The van der Waals surface area contributed by atoms with Crippen molar-refractivity contribution in [1.82, 2.24) is 9.78 Å². The molecule has 19 heavy (non-hydrogen) atoms. The number of hydrogen-bond acceptors (Lipinski definition) is 1. The van der Waals surface area contributed by atoms with E-state index in [4.69, 9.17) is 12.2 Å². The fourth-order valence-corrected chi connectivity index (χ4v) is 2.33. The van der Waals surface area contributed by atoms with Crippen LogP contribution in [0.1, 0.15) is 38.4 Å². The Hall–Kier alpha value is -1.35. The Bertz CT molecular complexity index is 573. The Kier molecular flexibility index (Phi) is 4.25. The van der Waals surface area contributed by atoms with E-state index >= 15 is 0 Å². The molecule has 2 rings (SSSR count). The number of benzene rings is 1. The van der Waals surface area contributed by atoms with Crippen LogP contribution >= 0.6 is 12.2 Å². The maximum Gasteiger partial charge on any atom is 0.122 e. The van der Waals surface area contributed by atoms with Gasteiger partial charge < -0.3 is 5.10 Å². The van der Waals surface area contributed by atoms with E-state index in [2.05, 4.69) is 66.9 Å². The van der Waals surface area contributed by atoms with Crippen LogP contribution in [0.4, 0.5) is 0 Å². The van der Waals surface area contributed by atoms with Crippen LogP contribution in [0.3, 0.4) is 0 Å². The summed E-state index contributed by atoms with van der Waals surface area (Å²) < 4.78 is 2.98. The monoisotopic (exact) mass is 274 g/mol. The highest BCUT2D eigenvalue weighted by Crippen LogP contribution is 2.20. The van der Waals surface area contributed by atoms with Gasteiger partial charge in [-0.05, 0) is 24.5 Å². The van der Waals surface area contributed by atoms with Gasteiger partial charge in [-0.15, -0.1) is 0 Å². The van der Waals surface area contributed by atoms with Crippen LogP contribution in [0.5, 0.6) is 0 Å². The number of hydrogen-bond donors (Lipinski definition) is 1. The third-order valence-corrected chi connectivity index (χ3v) is 3.63. The maximum atomic E-state index is 5.40. The molecule has 1 heterocycles. The smallest absolute Gasteiger partial charge is 0.122 e. The SMILES string of the molecule is CC(C)(C)c1cc(=S)n(CCCc2ccccc2)[nH]1. The van der Waals surface area contributed by atoms with E-state index in [9.17, 15) is 0 Å². The molecule has 0 aliphatic rings. The van der Waals surface area contributed by atoms with E-state index in [1.165, 1.54) is 11.3 Å². The van der Waals surface area contributed by atoms with Gasteiger partial charge in [-0.2, -0.15) is 0 Å². The van der Waals surface area contributed by atoms with Gasteiger partial charge in [0, 0.05) is 17.7 Å². The summed E-state index contributed by atoms with van der Waals surface area (Å²) in [6.45, 7) is 7.54. The van der Waals surface area contributed by atoms with E-state index in [1.807, 2.05) is 0 Å². The molecule has 2 nitrogen and oxygen atoms in total. The summed E-state index contributed by atoms with van der Waals surface area (Å²) in [4.78, 5) is 0. The molecule has 0 saturated heterocycles. The summed E-state index contributed by atoms with van der Waals surface area (Å²) in [5.74, 6) is 0. The van der Waals surface area contributed by atoms with E-state index in [1.54, 1.807) is 0 Å². The van der Waals surface area contributed by atoms with Crippen LogP contribution in [-0.4, -0.2) is 9.78 Å². The van der Waals surface area contributed by atoms with Crippen LogP contribution < -0.4 is 0 Å². The Morgan fingerprint density at radius 3 is 2.42 bits per heavy atom. The van der Waals surface area contributed by atoms with Gasteiger partial charge in [0.05, 0.1) is 0 Å². The van der Waals surface area contributed by atoms with E-state index in [-0.39, 0.29) is 5.41 Å². The fourth-order valence-electron chi connectivity index (χ4n) is 2.07. The molecule has 102 valence electrons. The van der Waals surface area contributed by atoms with Crippen molar-refractivity contribution in [3.05, 3.63) is 52.3 Å². The topological polar surface area (TPSA) is 20.7 Å².